The normalized spacial score (nSPS) is 10.2. The second-order valence-corrected chi connectivity index (χ2v) is 3.78. The van der Waals surface area contributed by atoms with E-state index < -0.39 is 0 Å². The summed E-state index contributed by atoms with van der Waals surface area (Å²) in [5, 5.41) is 1.66. The lowest BCUT2D eigenvalue weighted by Gasteiger charge is -2.02. The van der Waals surface area contributed by atoms with E-state index in [1.807, 2.05) is 6.20 Å². The average Bonchev–Trinajstić information content (AvgIpc) is 2.47. The Morgan fingerprint density at radius 1 is 1.83 bits per heavy atom. The van der Waals surface area contributed by atoms with Crippen molar-refractivity contribution in [2.24, 2.45) is 0 Å². The van der Waals surface area contributed by atoms with Gasteiger partial charge in [-0.25, -0.2) is 4.98 Å². The Labute approximate surface area is 81.6 Å². The first-order chi connectivity index (χ1) is 5.74. The first-order valence-electron chi connectivity index (χ1n) is 3.71. The molecular weight excluding hydrogens is 192 g/mol. The fourth-order valence-corrected chi connectivity index (χ4v) is 1.76. The molecule has 0 atom stereocenters. The Kier molecular flexibility index (Phi) is 3.69. The Bertz CT molecular complexity index is 270. The zero-order chi connectivity index (χ0) is 8.97. The molecule has 0 radical (unpaired) electrons. The molecule has 0 bridgehead atoms. The van der Waals surface area contributed by atoms with E-state index in [1.54, 1.807) is 18.0 Å². The average molecular weight is 203 g/mol. The maximum absolute atomic E-state index is 5.64. The summed E-state index contributed by atoms with van der Waals surface area (Å²) in [5.41, 5.74) is 0. The van der Waals surface area contributed by atoms with Crippen molar-refractivity contribution < 1.29 is 0 Å². The molecule has 0 amide bonds. The molecule has 0 saturated heterocycles. The van der Waals surface area contributed by atoms with Crippen molar-refractivity contribution in [2.75, 3.05) is 5.75 Å². The Morgan fingerprint density at radius 3 is 3.17 bits per heavy atom. The minimum absolute atomic E-state index is 0.658. The van der Waals surface area contributed by atoms with Gasteiger partial charge in [0.1, 0.15) is 0 Å². The standard InChI is InChI=1S/C8H11ClN2S/c1-3-11-5-4-10-8(11)12-6-7(2)9/h4-5H,2-3,6H2,1H3. The van der Waals surface area contributed by atoms with Gasteiger partial charge < -0.3 is 4.57 Å². The van der Waals surface area contributed by atoms with E-state index in [2.05, 4.69) is 23.1 Å². The van der Waals surface area contributed by atoms with Gasteiger partial charge in [-0.1, -0.05) is 29.9 Å². The molecule has 1 rings (SSSR count). The largest absolute Gasteiger partial charge is 0.326 e. The van der Waals surface area contributed by atoms with Gasteiger partial charge in [-0.15, -0.1) is 0 Å². The molecule has 12 heavy (non-hydrogen) atoms. The number of hydrogen-bond donors (Lipinski definition) is 0. The van der Waals surface area contributed by atoms with E-state index in [9.17, 15) is 0 Å². The number of imidazole rings is 1. The first-order valence-corrected chi connectivity index (χ1v) is 5.07. The van der Waals surface area contributed by atoms with Crippen molar-refractivity contribution in [1.29, 1.82) is 0 Å². The molecule has 0 aliphatic rings. The first kappa shape index (κ1) is 9.68. The molecule has 1 aromatic rings. The smallest absolute Gasteiger partial charge is 0.168 e. The van der Waals surface area contributed by atoms with Crippen LogP contribution in [0.1, 0.15) is 6.92 Å². The third-order valence-corrected chi connectivity index (χ3v) is 2.76. The van der Waals surface area contributed by atoms with Crippen molar-refractivity contribution in [3.63, 3.8) is 0 Å². The lowest BCUT2D eigenvalue weighted by molar-refractivity contribution is 0.681. The molecule has 1 aromatic heterocycles. The Balaban J connectivity index is 2.56. The third-order valence-electron chi connectivity index (χ3n) is 1.38. The topological polar surface area (TPSA) is 17.8 Å². The van der Waals surface area contributed by atoms with Crippen LogP contribution in [-0.4, -0.2) is 15.3 Å². The summed E-state index contributed by atoms with van der Waals surface area (Å²) in [6.07, 6.45) is 3.75. The van der Waals surface area contributed by atoms with Crippen LogP contribution in [0.4, 0.5) is 0 Å². The van der Waals surface area contributed by atoms with E-state index in [-0.39, 0.29) is 0 Å². The van der Waals surface area contributed by atoms with Crippen molar-refractivity contribution >= 4 is 23.4 Å². The second kappa shape index (κ2) is 4.58. The molecule has 66 valence electrons. The highest BCUT2D eigenvalue weighted by Crippen LogP contribution is 2.19. The molecule has 0 aliphatic heterocycles. The van der Waals surface area contributed by atoms with Crippen LogP contribution in [0.2, 0.25) is 0 Å². The van der Waals surface area contributed by atoms with Gasteiger partial charge in [0, 0.05) is 29.7 Å². The van der Waals surface area contributed by atoms with Gasteiger partial charge in [-0.3, -0.25) is 0 Å². The quantitative estimate of drug-likeness (QED) is 0.699. The fraction of sp³-hybridized carbons (Fsp3) is 0.375. The zero-order valence-electron chi connectivity index (χ0n) is 6.96. The fourth-order valence-electron chi connectivity index (χ4n) is 0.819. The van der Waals surface area contributed by atoms with E-state index in [0.717, 1.165) is 17.5 Å². The second-order valence-electron chi connectivity index (χ2n) is 2.30. The van der Waals surface area contributed by atoms with Gasteiger partial charge in [0.15, 0.2) is 5.16 Å². The van der Waals surface area contributed by atoms with Crippen LogP contribution in [0.25, 0.3) is 0 Å². The van der Waals surface area contributed by atoms with Crippen LogP contribution in [0, 0.1) is 0 Å². The molecule has 0 unspecified atom stereocenters. The highest BCUT2D eigenvalue weighted by molar-refractivity contribution is 7.99. The number of aromatic nitrogens is 2. The molecule has 2 nitrogen and oxygen atoms in total. The summed E-state index contributed by atoms with van der Waals surface area (Å²) in [4.78, 5) is 4.19. The van der Waals surface area contributed by atoms with E-state index in [0.29, 0.717) is 5.03 Å². The van der Waals surface area contributed by atoms with Crippen LogP contribution in [0.5, 0.6) is 0 Å². The molecule has 0 aliphatic carbocycles. The molecule has 0 spiro atoms. The van der Waals surface area contributed by atoms with E-state index >= 15 is 0 Å². The predicted molar refractivity (Wildman–Crippen MR) is 53.6 cm³/mol. The van der Waals surface area contributed by atoms with E-state index in [4.69, 9.17) is 11.6 Å². The summed E-state index contributed by atoms with van der Waals surface area (Å²) < 4.78 is 2.07. The van der Waals surface area contributed by atoms with Crippen LogP contribution in [0.15, 0.2) is 29.2 Å². The molecule has 0 saturated carbocycles. The number of rotatable bonds is 4. The van der Waals surface area contributed by atoms with Crippen molar-refractivity contribution in [2.45, 2.75) is 18.6 Å². The summed E-state index contributed by atoms with van der Waals surface area (Å²) in [6, 6.07) is 0. The number of nitrogens with zero attached hydrogens (tertiary/aromatic N) is 2. The zero-order valence-corrected chi connectivity index (χ0v) is 8.53. The van der Waals surface area contributed by atoms with Crippen LogP contribution in [-0.2, 0) is 6.54 Å². The summed E-state index contributed by atoms with van der Waals surface area (Å²) in [5.74, 6) is 0.721. The van der Waals surface area contributed by atoms with Crippen molar-refractivity contribution in [3.05, 3.63) is 24.0 Å². The minimum Gasteiger partial charge on any atom is -0.326 e. The molecular formula is C8H11ClN2S. The summed E-state index contributed by atoms with van der Waals surface area (Å²) in [7, 11) is 0. The highest BCUT2D eigenvalue weighted by Gasteiger charge is 2.01. The number of halogens is 1. The molecule has 1 heterocycles. The van der Waals surface area contributed by atoms with E-state index in [1.165, 1.54) is 0 Å². The van der Waals surface area contributed by atoms with Gasteiger partial charge in [-0.05, 0) is 6.92 Å². The minimum atomic E-state index is 0.658. The molecule has 4 heteroatoms. The Hall–Kier alpha value is -0.410. The Morgan fingerprint density at radius 2 is 2.58 bits per heavy atom. The van der Waals surface area contributed by atoms with Gasteiger partial charge in [0.05, 0.1) is 0 Å². The third kappa shape index (κ3) is 2.57. The summed E-state index contributed by atoms with van der Waals surface area (Å²) in [6.45, 7) is 6.64. The lowest BCUT2D eigenvalue weighted by atomic mass is 10.7. The number of hydrogen-bond acceptors (Lipinski definition) is 2. The predicted octanol–water partition coefficient (Wildman–Crippen LogP) is 2.75. The monoisotopic (exact) mass is 202 g/mol. The molecule has 0 N–H and O–H groups in total. The maximum atomic E-state index is 5.64. The summed E-state index contributed by atoms with van der Waals surface area (Å²) >= 11 is 7.24. The van der Waals surface area contributed by atoms with Gasteiger partial charge in [0.2, 0.25) is 0 Å². The molecule has 0 aromatic carbocycles. The number of aryl methyl sites for hydroxylation is 1. The van der Waals surface area contributed by atoms with Crippen molar-refractivity contribution in [3.8, 4) is 0 Å². The van der Waals surface area contributed by atoms with Gasteiger partial charge >= 0.3 is 0 Å². The van der Waals surface area contributed by atoms with Crippen molar-refractivity contribution in [1.82, 2.24) is 9.55 Å². The lowest BCUT2D eigenvalue weighted by Crippen LogP contribution is -1.94. The van der Waals surface area contributed by atoms with Gasteiger partial charge in [0.25, 0.3) is 0 Å². The highest BCUT2D eigenvalue weighted by atomic mass is 35.5. The SMILES string of the molecule is C=C(Cl)CSc1nccn1CC. The van der Waals surface area contributed by atoms with Crippen LogP contribution < -0.4 is 0 Å². The maximum Gasteiger partial charge on any atom is 0.168 e. The van der Waals surface area contributed by atoms with Gasteiger partial charge in [-0.2, -0.15) is 0 Å². The van der Waals surface area contributed by atoms with Crippen LogP contribution >= 0.6 is 23.4 Å². The number of thioether (sulfide) groups is 1. The molecule has 0 fully saturated rings. The van der Waals surface area contributed by atoms with Crippen LogP contribution in [0.3, 0.4) is 0 Å².